The van der Waals surface area contributed by atoms with E-state index in [2.05, 4.69) is 0 Å². The van der Waals surface area contributed by atoms with Gasteiger partial charge in [0.05, 0.1) is 12.2 Å². The number of carbonyl (C=O) groups is 1. The van der Waals surface area contributed by atoms with E-state index in [4.69, 9.17) is 15.9 Å². The molecule has 0 atom stereocenters. The predicted octanol–water partition coefficient (Wildman–Crippen LogP) is 1.17. The molecule has 0 amide bonds. The van der Waals surface area contributed by atoms with E-state index in [1.165, 1.54) is 6.07 Å². The van der Waals surface area contributed by atoms with Crippen LogP contribution in [0.4, 0.5) is 11.4 Å². The maximum atomic E-state index is 11.0. The molecule has 1 aromatic rings. The average Bonchev–Trinajstić information content (AvgIpc) is 2.26. The van der Waals surface area contributed by atoms with E-state index in [1.54, 1.807) is 12.1 Å². The first-order chi connectivity index (χ1) is 7.97. The van der Waals surface area contributed by atoms with Crippen molar-refractivity contribution in [1.29, 1.82) is 0 Å². The van der Waals surface area contributed by atoms with Crippen molar-refractivity contribution >= 4 is 17.3 Å². The SMILES string of the molecule is CC(C)N(CCO)c1ccc(N)c(C(=O)O)c1. The Balaban J connectivity index is 3.12. The Hall–Kier alpha value is -1.75. The fraction of sp³-hybridized carbons (Fsp3) is 0.417. The molecule has 1 aromatic carbocycles. The zero-order valence-electron chi connectivity index (χ0n) is 10.1. The lowest BCUT2D eigenvalue weighted by molar-refractivity contribution is 0.0698. The molecule has 1 rings (SSSR count). The summed E-state index contributed by atoms with van der Waals surface area (Å²) in [5, 5.41) is 18.0. The number of aliphatic hydroxyl groups is 1. The van der Waals surface area contributed by atoms with Gasteiger partial charge in [-0.15, -0.1) is 0 Å². The number of rotatable bonds is 5. The van der Waals surface area contributed by atoms with Gasteiger partial charge in [0.15, 0.2) is 0 Å². The summed E-state index contributed by atoms with van der Waals surface area (Å²) < 4.78 is 0. The maximum Gasteiger partial charge on any atom is 0.337 e. The first kappa shape index (κ1) is 13.3. The summed E-state index contributed by atoms with van der Waals surface area (Å²) in [4.78, 5) is 12.9. The minimum absolute atomic E-state index is 0.0188. The molecule has 0 aliphatic rings. The summed E-state index contributed by atoms with van der Waals surface area (Å²) in [5.74, 6) is -1.04. The molecule has 4 N–H and O–H groups in total. The largest absolute Gasteiger partial charge is 0.478 e. The number of benzene rings is 1. The second-order valence-corrected chi connectivity index (χ2v) is 4.09. The molecule has 5 heteroatoms. The lowest BCUT2D eigenvalue weighted by atomic mass is 10.1. The van der Waals surface area contributed by atoms with Gasteiger partial charge < -0.3 is 20.8 Å². The first-order valence-electron chi connectivity index (χ1n) is 5.47. The smallest absolute Gasteiger partial charge is 0.337 e. The van der Waals surface area contributed by atoms with Crippen LogP contribution in [0.25, 0.3) is 0 Å². The number of nitrogen functional groups attached to an aromatic ring is 1. The quantitative estimate of drug-likeness (QED) is 0.670. The van der Waals surface area contributed by atoms with Crippen molar-refractivity contribution in [2.45, 2.75) is 19.9 Å². The van der Waals surface area contributed by atoms with Crippen molar-refractivity contribution in [2.24, 2.45) is 0 Å². The third-order valence-electron chi connectivity index (χ3n) is 2.56. The number of hydrogen-bond acceptors (Lipinski definition) is 4. The molecule has 0 aromatic heterocycles. The topological polar surface area (TPSA) is 86.8 Å². The number of aliphatic hydroxyl groups excluding tert-OH is 1. The lowest BCUT2D eigenvalue weighted by Crippen LogP contribution is -2.33. The molecule has 94 valence electrons. The highest BCUT2D eigenvalue weighted by molar-refractivity contribution is 5.94. The van der Waals surface area contributed by atoms with Gasteiger partial charge in [-0.25, -0.2) is 4.79 Å². The minimum Gasteiger partial charge on any atom is -0.478 e. The van der Waals surface area contributed by atoms with Crippen LogP contribution in [0.2, 0.25) is 0 Å². The first-order valence-corrected chi connectivity index (χ1v) is 5.47. The van der Waals surface area contributed by atoms with Gasteiger partial charge in [0.1, 0.15) is 0 Å². The highest BCUT2D eigenvalue weighted by Crippen LogP contribution is 2.22. The molecule has 5 nitrogen and oxygen atoms in total. The number of anilines is 2. The van der Waals surface area contributed by atoms with Crippen LogP contribution in [0.15, 0.2) is 18.2 Å². The number of aromatic carboxylic acids is 1. The Morgan fingerprint density at radius 3 is 2.59 bits per heavy atom. The van der Waals surface area contributed by atoms with E-state index in [-0.39, 0.29) is 23.9 Å². The monoisotopic (exact) mass is 238 g/mol. The van der Waals surface area contributed by atoms with Gasteiger partial charge in [-0.3, -0.25) is 0 Å². The standard InChI is InChI=1S/C12H18N2O3/c1-8(2)14(5-6-15)9-3-4-11(13)10(7-9)12(16)17/h3-4,7-8,15H,5-6,13H2,1-2H3,(H,16,17). The normalized spacial score (nSPS) is 10.6. The van der Waals surface area contributed by atoms with Crippen LogP contribution >= 0.6 is 0 Å². The van der Waals surface area contributed by atoms with Crippen molar-refractivity contribution in [3.05, 3.63) is 23.8 Å². The molecular weight excluding hydrogens is 220 g/mol. The van der Waals surface area contributed by atoms with E-state index in [9.17, 15) is 4.79 Å². The van der Waals surface area contributed by atoms with Gasteiger partial charge in [0.25, 0.3) is 0 Å². The second-order valence-electron chi connectivity index (χ2n) is 4.09. The van der Waals surface area contributed by atoms with Crippen molar-refractivity contribution < 1.29 is 15.0 Å². The Bertz CT molecular complexity index is 405. The highest BCUT2D eigenvalue weighted by atomic mass is 16.4. The summed E-state index contributed by atoms with van der Waals surface area (Å²) in [5.41, 5.74) is 6.68. The fourth-order valence-corrected chi connectivity index (χ4v) is 1.70. The van der Waals surface area contributed by atoms with Crippen LogP contribution in [-0.2, 0) is 0 Å². The number of nitrogens with zero attached hydrogens (tertiary/aromatic N) is 1. The molecule has 17 heavy (non-hydrogen) atoms. The maximum absolute atomic E-state index is 11.0. The van der Waals surface area contributed by atoms with Crippen molar-refractivity contribution in [3.63, 3.8) is 0 Å². The summed E-state index contributed by atoms with van der Waals surface area (Å²) >= 11 is 0. The van der Waals surface area contributed by atoms with E-state index in [0.29, 0.717) is 6.54 Å². The van der Waals surface area contributed by atoms with Crippen LogP contribution in [0.3, 0.4) is 0 Å². The molecule has 0 unspecified atom stereocenters. The summed E-state index contributed by atoms with van der Waals surface area (Å²) in [6.45, 7) is 4.44. The Labute approximate surface area is 100 Å². The highest BCUT2D eigenvalue weighted by Gasteiger charge is 2.14. The number of nitrogens with two attached hydrogens (primary N) is 1. The van der Waals surface area contributed by atoms with Crippen molar-refractivity contribution in [1.82, 2.24) is 0 Å². The third kappa shape index (κ3) is 3.10. The van der Waals surface area contributed by atoms with E-state index < -0.39 is 5.97 Å². The third-order valence-corrected chi connectivity index (χ3v) is 2.56. The molecule has 0 bridgehead atoms. The van der Waals surface area contributed by atoms with Crippen LogP contribution < -0.4 is 10.6 Å². The molecule has 0 heterocycles. The van der Waals surface area contributed by atoms with Crippen LogP contribution in [0, 0.1) is 0 Å². The van der Waals surface area contributed by atoms with Gasteiger partial charge >= 0.3 is 5.97 Å². The molecule has 0 radical (unpaired) electrons. The van der Waals surface area contributed by atoms with Crippen LogP contribution in [-0.4, -0.2) is 35.4 Å². The lowest BCUT2D eigenvalue weighted by Gasteiger charge is -2.28. The van der Waals surface area contributed by atoms with E-state index in [1.807, 2.05) is 18.7 Å². The van der Waals surface area contributed by atoms with Gasteiger partial charge in [0, 0.05) is 24.0 Å². The zero-order valence-corrected chi connectivity index (χ0v) is 10.1. The van der Waals surface area contributed by atoms with Gasteiger partial charge in [-0.05, 0) is 32.0 Å². The van der Waals surface area contributed by atoms with Gasteiger partial charge in [-0.1, -0.05) is 0 Å². The average molecular weight is 238 g/mol. The summed E-state index contributed by atoms with van der Waals surface area (Å²) in [6.07, 6.45) is 0. The Kier molecular flexibility index (Phi) is 4.34. The molecule has 0 aliphatic carbocycles. The van der Waals surface area contributed by atoms with Crippen molar-refractivity contribution in [2.75, 3.05) is 23.8 Å². The van der Waals surface area contributed by atoms with E-state index in [0.717, 1.165) is 5.69 Å². The van der Waals surface area contributed by atoms with E-state index >= 15 is 0 Å². The fourth-order valence-electron chi connectivity index (χ4n) is 1.70. The Morgan fingerprint density at radius 2 is 2.12 bits per heavy atom. The zero-order chi connectivity index (χ0) is 13.0. The van der Waals surface area contributed by atoms with Gasteiger partial charge in [-0.2, -0.15) is 0 Å². The molecule has 0 fully saturated rings. The molecule has 0 spiro atoms. The summed E-state index contributed by atoms with van der Waals surface area (Å²) in [7, 11) is 0. The number of hydrogen-bond donors (Lipinski definition) is 3. The minimum atomic E-state index is -1.04. The second kappa shape index (κ2) is 5.54. The predicted molar refractivity (Wildman–Crippen MR) is 67.4 cm³/mol. The van der Waals surface area contributed by atoms with Crippen LogP contribution in [0.1, 0.15) is 24.2 Å². The molecule has 0 saturated carbocycles. The van der Waals surface area contributed by atoms with Crippen LogP contribution in [0.5, 0.6) is 0 Å². The Morgan fingerprint density at radius 1 is 1.47 bits per heavy atom. The number of carboxylic acid groups (broad SMARTS) is 1. The number of carboxylic acids is 1. The molecular formula is C12H18N2O3. The molecule has 0 saturated heterocycles. The van der Waals surface area contributed by atoms with Crippen molar-refractivity contribution in [3.8, 4) is 0 Å². The van der Waals surface area contributed by atoms with Gasteiger partial charge in [0.2, 0.25) is 0 Å². The summed E-state index contributed by atoms with van der Waals surface area (Å²) in [6, 6.07) is 5.04. The molecule has 0 aliphatic heterocycles.